The molecule has 0 radical (unpaired) electrons. The Balaban J connectivity index is 1.45. The highest BCUT2D eigenvalue weighted by Gasteiger charge is 2.54. The van der Waals surface area contributed by atoms with Gasteiger partial charge in [-0.2, -0.15) is 0 Å². The van der Waals surface area contributed by atoms with Crippen LogP contribution in [-0.4, -0.2) is 52.1 Å². The Morgan fingerprint density at radius 3 is 2.56 bits per heavy atom. The number of fused-ring (bicyclic) bond motifs is 1. The van der Waals surface area contributed by atoms with Gasteiger partial charge in [-0.1, -0.05) is 36.4 Å². The molecule has 1 saturated heterocycles. The van der Waals surface area contributed by atoms with Crippen molar-refractivity contribution >= 4 is 29.5 Å². The Morgan fingerprint density at radius 2 is 1.92 bits per heavy atom. The molecule has 2 aromatic carbocycles. The van der Waals surface area contributed by atoms with Gasteiger partial charge in [0.2, 0.25) is 5.91 Å². The second kappa shape index (κ2) is 10.9. The van der Waals surface area contributed by atoms with Crippen molar-refractivity contribution in [1.29, 1.82) is 0 Å². The normalized spacial score (nSPS) is 20.0. The number of amides is 2. The summed E-state index contributed by atoms with van der Waals surface area (Å²) in [6, 6.07) is 11.3. The quantitative estimate of drug-likeness (QED) is 0.365. The van der Waals surface area contributed by atoms with Crippen molar-refractivity contribution in [3.05, 3.63) is 83.1 Å². The van der Waals surface area contributed by atoms with Crippen LogP contribution in [0.3, 0.4) is 0 Å². The maximum atomic E-state index is 13.1. The first kappa shape index (κ1) is 25.3. The Kier molecular flexibility index (Phi) is 7.66. The molecule has 4 N–H and O–H groups in total. The zero-order chi connectivity index (χ0) is 25.8. The topological polar surface area (TPSA) is 131 Å². The van der Waals surface area contributed by atoms with Crippen LogP contribution in [0.25, 0.3) is 0 Å². The zero-order valence-electron chi connectivity index (χ0n) is 19.8. The van der Waals surface area contributed by atoms with Crippen molar-refractivity contribution in [3.8, 4) is 11.5 Å². The zero-order valence-corrected chi connectivity index (χ0v) is 20.7. The van der Waals surface area contributed by atoms with Crippen LogP contribution in [-0.2, 0) is 25.7 Å². The summed E-state index contributed by atoms with van der Waals surface area (Å²) in [5, 5.41) is 11.7. The summed E-state index contributed by atoms with van der Waals surface area (Å²) < 4.78 is 10.7. The van der Waals surface area contributed by atoms with Gasteiger partial charge in [0.15, 0.2) is 0 Å². The monoisotopic (exact) mass is 509 g/mol. The van der Waals surface area contributed by atoms with Crippen molar-refractivity contribution in [2.75, 3.05) is 12.9 Å². The number of methoxy groups -OCH3 is 1. The number of esters is 1. The van der Waals surface area contributed by atoms with E-state index in [0.29, 0.717) is 22.6 Å². The number of phenolic OH excluding ortho intramolecular Hbond substituents is 1. The van der Waals surface area contributed by atoms with Crippen LogP contribution in [0.1, 0.15) is 24.1 Å². The lowest BCUT2D eigenvalue weighted by molar-refractivity contribution is -0.153. The molecule has 2 amide bonds. The smallest absolute Gasteiger partial charge is 0.355 e. The molecule has 0 bridgehead atoms. The fourth-order valence-corrected chi connectivity index (χ4v) is 5.29. The molecule has 10 heteroatoms. The van der Waals surface area contributed by atoms with Crippen LogP contribution >= 0.6 is 11.8 Å². The van der Waals surface area contributed by atoms with Crippen LogP contribution in [0.15, 0.2) is 72.0 Å². The average molecular weight is 510 g/mol. The van der Waals surface area contributed by atoms with Crippen LogP contribution < -0.4 is 15.8 Å². The van der Waals surface area contributed by atoms with E-state index in [1.165, 1.54) is 28.8 Å². The minimum Gasteiger partial charge on any atom is -0.508 e. The number of nitrogens with zero attached hydrogens (tertiary/aromatic N) is 1. The summed E-state index contributed by atoms with van der Waals surface area (Å²) in [6.45, 7) is 1.87. The van der Waals surface area contributed by atoms with Gasteiger partial charge in [0.05, 0.1) is 7.11 Å². The number of ether oxygens (including phenoxy) is 2. The van der Waals surface area contributed by atoms with Gasteiger partial charge in [0, 0.05) is 5.75 Å². The van der Waals surface area contributed by atoms with Crippen LogP contribution in [0.5, 0.6) is 11.5 Å². The highest BCUT2D eigenvalue weighted by atomic mass is 32.2. The fraction of sp³-hybridized carbons (Fsp3) is 0.269. The van der Waals surface area contributed by atoms with E-state index in [2.05, 4.69) is 5.32 Å². The Bertz CT molecular complexity index is 1210. The van der Waals surface area contributed by atoms with Crippen LogP contribution in [0.2, 0.25) is 0 Å². The Morgan fingerprint density at radius 1 is 1.22 bits per heavy atom. The Hall–Kier alpha value is -3.76. The predicted octanol–water partition coefficient (Wildman–Crippen LogP) is 2.37. The van der Waals surface area contributed by atoms with Gasteiger partial charge >= 0.3 is 5.97 Å². The van der Waals surface area contributed by atoms with E-state index in [1.54, 1.807) is 55.7 Å². The lowest BCUT2D eigenvalue weighted by Gasteiger charge is -2.49. The summed E-state index contributed by atoms with van der Waals surface area (Å²) >= 11 is 1.45. The standard InChI is InChI=1S/C26H27N3O6S/c1-3-4-17-14-36-25-21(28-23(31)20(27)16-7-9-18(30)10-8-16)24(32)29(25)22(17)26(33)35-13-15-5-11-19(34-2)12-6-15/h3-12,20-21,25,30H,13-14,27H2,1-2H3,(H,28,31)/b4-3+/t20-,21-,25-/m1/s1. The highest BCUT2D eigenvalue weighted by Crippen LogP contribution is 2.41. The number of nitrogens with two attached hydrogens (primary N) is 1. The molecule has 2 aromatic rings. The fourth-order valence-electron chi connectivity index (χ4n) is 3.98. The van der Waals surface area contributed by atoms with Crippen molar-refractivity contribution in [3.63, 3.8) is 0 Å². The molecule has 0 spiro atoms. The molecular formula is C26H27N3O6S. The molecule has 0 aliphatic carbocycles. The maximum Gasteiger partial charge on any atom is 0.355 e. The van der Waals surface area contributed by atoms with Crippen LogP contribution in [0.4, 0.5) is 0 Å². The largest absolute Gasteiger partial charge is 0.508 e. The molecule has 2 aliphatic rings. The number of aromatic hydroxyl groups is 1. The molecule has 0 unspecified atom stereocenters. The van der Waals surface area contributed by atoms with Gasteiger partial charge in [-0.05, 0) is 47.9 Å². The molecule has 36 heavy (non-hydrogen) atoms. The third-order valence-electron chi connectivity index (χ3n) is 5.92. The average Bonchev–Trinajstić information content (AvgIpc) is 2.90. The SMILES string of the molecule is C/C=C/C1=C(C(=O)OCc2ccc(OC)cc2)N2C(=O)[C@@H](NC(=O)[C@H](N)c3ccc(O)cc3)[C@H]2SC1. The summed E-state index contributed by atoms with van der Waals surface area (Å²) in [6.07, 6.45) is 3.58. The number of nitrogens with one attached hydrogen (secondary N) is 1. The number of allylic oxidation sites excluding steroid dienone is 2. The van der Waals surface area contributed by atoms with E-state index in [0.717, 1.165) is 5.56 Å². The van der Waals surface area contributed by atoms with E-state index in [9.17, 15) is 19.5 Å². The van der Waals surface area contributed by atoms with Gasteiger partial charge < -0.3 is 25.6 Å². The molecule has 2 heterocycles. The number of hydrogen-bond donors (Lipinski definition) is 3. The van der Waals surface area contributed by atoms with Crippen LogP contribution in [0, 0.1) is 0 Å². The van der Waals surface area contributed by atoms with Gasteiger partial charge in [-0.3, -0.25) is 14.5 Å². The molecule has 188 valence electrons. The molecule has 3 atom stereocenters. The first-order valence-electron chi connectivity index (χ1n) is 11.3. The van der Waals surface area contributed by atoms with Crippen molar-refractivity contribution in [2.45, 2.75) is 31.0 Å². The first-order valence-corrected chi connectivity index (χ1v) is 12.3. The number of rotatable bonds is 8. The third-order valence-corrected chi connectivity index (χ3v) is 7.22. The molecular weight excluding hydrogens is 482 g/mol. The highest BCUT2D eigenvalue weighted by molar-refractivity contribution is 8.00. The number of β-lactam (4-membered cyclic amide) rings is 1. The molecule has 2 aliphatic heterocycles. The third kappa shape index (κ3) is 5.09. The second-order valence-electron chi connectivity index (χ2n) is 8.26. The van der Waals surface area contributed by atoms with Gasteiger partial charge in [-0.25, -0.2) is 4.79 Å². The molecule has 0 aromatic heterocycles. The van der Waals surface area contributed by atoms with Gasteiger partial charge in [-0.15, -0.1) is 11.8 Å². The van der Waals surface area contributed by atoms with Crippen molar-refractivity contribution in [1.82, 2.24) is 10.2 Å². The molecule has 9 nitrogen and oxygen atoms in total. The minimum atomic E-state index is -1.01. The van der Waals surface area contributed by atoms with E-state index in [4.69, 9.17) is 15.2 Å². The summed E-state index contributed by atoms with van der Waals surface area (Å²) in [5.41, 5.74) is 8.20. The maximum absolute atomic E-state index is 13.1. The predicted molar refractivity (Wildman–Crippen MR) is 135 cm³/mol. The van der Waals surface area contributed by atoms with Gasteiger partial charge in [0.1, 0.15) is 41.3 Å². The molecule has 1 fully saturated rings. The summed E-state index contributed by atoms with van der Waals surface area (Å²) in [5.74, 6) is -0.307. The molecule has 0 saturated carbocycles. The second-order valence-corrected chi connectivity index (χ2v) is 9.37. The summed E-state index contributed by atoms with van der Waals surface area (Å²) in [7, 11) is 1.57. The number of phenols is 1. The van der Waals surface area contributed by atoms with E-state index < -0.39 is 35.2 Å². The van der Waals surface area contributed by atoms with E-state index in [1.807, 2.05) is 6.92 Å². The van der Waals surface area contributed by atoms with E-state index in [-0.39, 0.29) is 18.1 Å². The number of thioether (sulfide) groups is 1. The van der Waals surface area contributed by atoms with Crippen molar-refractivity contribution < 1.29 is 29.0 Å². The van der Waals surface area contributed by atoms with Gasteiger partial charge in [0.25, 0.3) is 5.91 Å². The molecule has 4 rings (SSSR count). The minimum absolute atomic E-state index is 0.0386. The Labute approximate surface area is 212 Å². The number of benzene rings is 2. The lowest BCUT2D eigenvalue weighted by Crippen LogP contribution is -2.71. The van der Waals surface area contributed by atoms with E-state index >= 15 is 0 Å². The number of hydrogen-bond acceptors (Lipinski definition) is 8. The number of carbonyl (C=O) groups excluding carboxylic acids is 3. The lowest BCUT2D eigenvalue weighted by atomic mass is 10.0. The first-order chi connectivity index (χ1) is 17.3. The summed E-state index contributed by atoms with van der Waals surface area (Å²) in [4.78, 5) is 40.3. The number of carbonyl (C=O) groups is 3. The van der Waals surface area contributed by atoms with Crippen molar-refractivity contribution in [2.24, 2.45) is 5.73 Å².